The van der Waals surface area contributed by atoms with Crippen LogP contribution in [0.5, 0.6) is 0 Å². The van der Waals surface area contributed by atoms with E-state index < -0.39 is 12.1 Å². The van der Waals surface area contributed by atoms with Crippen LogP contribution in [0.25, 0.3) is 0 Å². The molecule has 5 nitrogen and oxygen atoms in total. The molecule has 1 aromatic carbocycles. The molecular weight excluding hydrogens is 232 g/mol. The lowest BCUT2D eigenvalue weighted by atomic mass is 10.1. The number of esters is 1. The second kappa shape index (κ2) is 6.64. The van der Waals surface area contributed by atoms with Crippen molar-refractivity contribution in [3.8, 4) is 0 Å². The summed E-state index contributed by atoms with van der Waals surface area (Å²) in [4.78, 5) is 22.7. The number of benzene rings is 1. The minimum atomic E-state index is -0.761. The summed E-state index contributed by atoms with van der Waals surface area (Å²) in [7, 11) is 1.50. The molecule has 0 spiro atoms. The number of likely N-dealkylation sites (N-methyl/N-ethyl adjacent to an activating group) is 1. The lowest BCUT2D eigenvalue weighted by molar-refractivity contribution is -0.154. The molecule has 0 aliphatic carbocycles. The average Bonchev–Trinajstić information content (AvgIpc) is 2.35. The van der Waals surface area contributed by atoms with Gasteiger partial charge >= 0.3 is 5.97 Å². The number of rotatable bonds is 5. The highest BCUT2D eigenvalue weighted by Gasteiger charge is 2.15. The van der Waals surface area contributed by atoms with Gasteiger partial charge in [-0.15, -0.1) is 0 Å². The number of ether oxygens (including phenoxy) is 1. The Hall–Kier alpha value is -2.04. The molecule has 1 atom stereocenters. The lowest BCUT2D eigenvalue weighted by Crippen LogP contribution is -2.33. The smallest absolute Gasteiger partial charge is 0.306 e. The second-order valence-electron chi connectivity index (χ2n) is 3.99. The number of nitrogens with two attached hydrogens (primary N) is 1. The van der Waals surface area contributed by atoms with Gasteiger partial charge in [-0.1, -0.05) is 12.1 Å². The van der Waals surface area contributed by atoms with E-state index >= 15 is 0 Å². The normalized spacial score (nSPS) is 11.7. The van der Waals surface area contributed by atoms with E-state index in [0.717, 1.165) is 5.56 Å². The highest BCUT2D eigenvalue weighted by Crippen LogP contribution is 2.09. The van der Waals surface area contributed by atoms with Gasteiger partial charge in [0.05, 0.1) is 0 Å². The quantitative estimate of drug-likeness (QED) is 0.600. The van der Waals surface area contributed by atoms with Crippen molar-refractivity contribution in [2.24, 2.45) is 0 Å². The van der Waals surface area contributed by atoms with Gasteiger partial charge in [-0.3, -0.25) is 9.59 Å². The van der Waals surface area contributed by atoms with Crippen LogP contribution >= 0.6 is 0 Å². The molecule has 1 unspecified atom stereocenters. The van der Waals surface area contributed by atoms with Crippen molar-refractivity contribution >= 4 is 17.6 Å². The molecule has 0 saturated heterocycles. The summed E-state index contributed by atoms with van der Waals surface area (Å²) in [5, 5.41) is 2.42. The number of nitrogen functional groups attached to an aromatic ring is 1. The van der Waals surface area contributed by atoms with E-state index in [4.69, 9.17) is 10.5 Å². The minimum absolute atomic E-state index is 0.227. The second-order valence-corrected chi connectivity index (χ2v) is 3.99. The fraction of sp³-hybridized carbons (Fsp3) is 0.385. The molecule has 1 amide bonds. The van der Waals surface area contributed by atoms with Crippen molar-refractivity contribution in [2.75, 3.05) is 12.8 Å². The van der Waals surface area contributed by atoms with Crippen LogP contribution in [-0.4, -0.2) is 25.0 Å². The van der Waals surface area contributed by atoms with Gasteiger partial charge in [0.1, 0.15) is 0 Å². The summed E-state index contributed by atoms with van der Waals surface area (Å²) >= 11 is 0. The number of nitrogens with one attached hydrogen (secondary N) is 1. The average molecular weight is 250 g/mol. The molecule has 0 bridgehead atoms. The predicted molar refractivity (Wildman–Crippen MR) is 68.8 cm³/mol. The zero-order valence-corrected chi connectivity index (χ0v) is 10.6. The SMILES string of the molecule is CNC(=O)C(C)OC(=O)CCc1cccc(N)c1. The summed E-state index contributed by atoms with van der Waals surface area (Å²) in [5.41, 5.74) is 7.27. The number of hydrogen-bond donors (Lipinski definition) is 2. The first-order chi connectivity index (χ1) is 8.52. The Kier molecular flexibility index (Phi) is 5.17. The summed E-state index contributed by atoms with van der Waals surface area (Å²) in [6.45, 7) is 1.54. The van der Waals surface area contributed by atoms with Crippen molar-refractivity contribution < 1.29 is 14.3 Å². The Bertz CT molecular complexity index is 432. The van der Waals surface area contributed by atoms with Crippen molar-refractivity contribution in [1.29, 1.82) is 0 Å². The van der Waals surface area contributed by atoms with Gasteiger partial charge < -0.3 is 15.8 Å². The van der Waals surface area contributed by atoms with E-state index in [1.165, 1.54) is 14.0 Å². The number of carbonyl (C=O) groups is 2. The van der Waals surface area contributed by atoms with Gasteiger partial charge in [0.15, 0.2) is 6.10 Å². The fourth-order valence-corrected chi connectivity index (χ4v) is 1.51. The Morgan fingerprint density at radius 2 is 2.17 bits per heavy atom. The van der Waals surface area contributed by atoms with E-state index in [-0.39, 0.29) is 12.3 Å². The van der Waals surface area contributed by atoms with Crippen LogP contribution in [0.1, 0.15) is 18.9 Å². The summed E-state index contributed by atoms with van der Waals surface area (Å²) < 4.78 is 4.97. The van der Waals surface area contributed by atoms with Gasteiger partial charge in [0, 0.05) is 19.2 Å². The first-order valence-electron chi connectivity index (χ1n) is 5.78. The van der Waals surface area contributed by atoms with E-state index in [9.17, 15) is 9.59 Å². The minimum Gasteiger partial charge on any atom is -0.453 e. The third kappa shape index (κ3) is 4.45. The zero-order chi connectivity index (χ0) is 13.5. The molecule has 1 rings (SSSR count). The topological polar surface area (TPSA) is 81.4 Å². The Morgan fingerprint density at radius 1 is 1.44 bits per heavy atom. The molecule has 18 heavy (non-hydrogen) atoms. The predicted octanol–water partition coefficient (Wildman–Crippen LogP) is 0.879. The van der Waals surface area contributed by atoms with Crippen LogP contribution in [-0.2, 0) is 20.7 Å². The van der Waals surface area contributed by atoms with Crippen molar-refractivity contribution in [1.82, 2.24) is 5.32 Å². The van der Waals surface area contributed by atoms with Crippen LogP contribution < -0.4 is 11.1 Å². The first kappa shape index (κ1) is 14.0. The van der Waals surface area contributed by atoms with Crippen LogP contribution in [0.2, 0.25) is 0 Å². The molecule has 0 heterocycles. The van der Waals surface area contributed by atoms with E-state index in [1.54, 1.807) is 6.07 Å². The van der Waals surface area contributed by atoms with E-state index in [1.807, 2.05) is 18.2 Å². The van der Waals surface area contributed by atoms with Gasteiger partial charge in [-0.25, -0.2) is 0 Å². The molecule has 1 aromatic rings. The van der Waals surface area contributed by atoms with Crippen LogP contribution in [0.4, 0.5) is 5.69 Å². The van der Waals surface area contributed by atoms with Crippen LogP contribution in [0, 0.1) is 0 Å². The van der Waals surface area contributed by atoms with E-state index in [2.05, 4.69) is 5.32 Å². The molecule has 0 fully saturated rings. The summed E-state index contributed by atoms with van der Waals surface area (Å²) in [5.74, 6) is -0.708. The maximum Gasteiger partial charge on any atom is 0.306 e. The third-order valence-electron chi connectivity index (χ3n) is 2.49. The van der Waals surface area contributed by atoms with Crippen molar-refractivity contribution in [3.63, 3.8) is 0 Å². The van der Waals surface area contributed by atoms with Gasteiger partial charge in [0.2, 0.25) is 0 Å². The molecule has 0 radical (unpaired) electrons. The molecule has 0 aromatic heterocycles. The molecule has 98 valence electrons. The van der Waals surface area contributed by atoms with Crippen LogP contribution in [0.15, 0.2) is 24.3 Å². The molecule has 0 aliphatic rings. The summed E-state index contributed by atoms with van der Waals surface area (Å²) in [6.07, 6.45) is 0.0121. The maximum absolute atomic E-state index is 11.5. The summed E-state index contributed by atoms with van der Waals surface area (Å²) in [6, 6.07) is 7.33. The highest BCUT2D eigenvalue weighted by atomic mass is 16.5. The van der Waals surface area contributed by atoms with Gasteiger partial charge in [0.25, 0.3) is 5.91 Å². The first-order valence-corrected chi connectivity index (χ1v) is 5.78. The maximum atomic E-state index is 11.5. The number of carbonyl (C=O) groups excluding carboxylic acids is 2. The Balaban J connectivity index is 2.40. The lowest BCUT2D eigenvalue weighted by Gasteiger charge is -2.11. The van der Waals surface area contributed by atoms with Crippen LogP contribution in [0.3, 0.4) is 0 Å². The monoisotopic (exact) mass is 250 g/mol. The number of amides is 1. The third-order valence-corrected chi connectivity index (χ3v) is 2.49. The van der Waals surface area contributed by atoms with Crippen molar-refractivity contribution in [3.05, 3.63) is 29.8 Å². The molecule has 0 saturated carbocycles. The molecular formula is C13H18N2O3. The highest BCUT2D eigenvalue weighted by molar-refractivity contribution is 5.83. The molecule has 5 heteroatoms. The Labute approximate surface area is 106 Å². The standard InChI is InChI=1S/C13H18N2O3/c1-9(13(17)15-2)18-12(16)7-6-10-4-3-5-11(14)8-10/h3-5,8-9H,6-7,14H2,1-2H3,(H,15,17). The fourth-order valence-electron chi connectivity index (χ4n) is 1.51. The Morgan fingerprint density at radius 3 is 2.78 bits per heavy atom. The molecule has 3 N–H and O–H groups in total. The van der Waals surface area contributed by atoms with E-state index in [0.29, 0.717) is 12.1 Å². The number of aryl methyl sites for hydroxylation is 1. The van der Waals surface area contributed by atoms with Gasteiger partial charge in [-0.05, 0) is 31.0 Å². The molecule has 0 aliphatic heterocycles. The zero-order valence-electron chi connectivity index (χ0n) is 10.6. The largest absolute Gasteiger partial charge is 0.453 e. The van der Waals surface area contributed by atoms with Gasteiger partial charge in [-0.2, -0.15) is 0 Å². The number of anilines is 1. The number of hydrogen-bond acceptors (Lipinski definition) is 4. The van der Waals surface area contributed by atoms with Crippen molar-refractivity contribution in [2.45, 2.75) is 25.9 Å².